The Morgan fingerprint density at radius 1 is 1.22 bits per heavy atom. The number of H-pyrrole nitrogens is 1. The fraction of sp³-hybridized carbons (Fsp3) is 0.0588. The second kappa shape index (κ2) is 5.04. The summed E-state index contributed by atoms with van der Waals surface area (Å²) in [7, 11) is 1.54. The number of nitrogens with zero attached hydrogens (tertiary/aromatic N) is 2. The molecule has 1 aliphatic heterocycles. The number of halogens is 1. The second-order valence-corrected chi connectivity index (χ2v) is 6.29. The Morgan fingerprint density at radius 2 is 2.00 bits per heavy atom. The molecule has 5 nitrogen and oxygen atoms in total. The number of hydrogen-bond acceptors (Lipinski definition) is 3. The maximum atomic E-state index is 12.5. The molecule has 0 spiro atoms. The van der Waals surface area contributed by atoms with Crippen molar-refractivity contribution in [2.75, 3.05) is 12.1 Å². The standard InChI is InChI=1S/C17H12BrN3O2/c1-21(23)16-11-4-2-3-5-12(11)19-15(16)14-10-7-6-9(18)8-13(10)20-17(14)22/h2-8,19,23H,1H3. The van der Waals surface area contributed by atoms with E-state index in [9.17, 15) is 10.0 Å². The van der Waals surface area contributed by atoms with Crippen molar-refractivity contribution in [1.82, 2.24) is 4.98 Å². The lowest BCUT2D eigenvalue weighted by molar-refractivity contribution is -0.112. The van der Waals surface area contributed by atoms with E-state index >= 15 is 0 Å². The molecule has 1 amide bonds. The number of carbonyl (C=O) groups is 1. The van der Waals surface area contributed by atoms with Crippen molar-refractivity contribution < 1.29 is 10.0 Å². The van der Waals surface area contributed by atoms with Crippen molar-refractivity contribution in [1.29, 1.82) is 0 Å². The third-order valence-corrected chi connectivity index (χ3v) is 4.41. The van der Waals surface area contributed by atoms with Crippen LogP contribution in [-0.4, -0.2) is 23.1 Å². The van der Waals surface area contributed by atoms with Crippen LogP contribution in [0.1, 0.15) is 5.69 Å². The zero-order chi connectivity index (χ0) is 16.1. The van der Waals surface area contributed by atoms with Gasteiger partial charge in [0.05, 0.1) is 22.3 Å². The van der Waals surface area contributed by atoms with Crippen LogP contribution < -0.4 is 15.6 Å². The number of hydroxylamine groups is 1. The first-order valence-corrected chi connectivity index (χ1v) is 7.82. The quantitative estimate of drug-likeness (QED) is 0.679. The van der Waals surface area contributed by atoms with Gasteiger partial charge in [-0.15, -0.1) is 0 Å². The third-order valence-electron chi connectivity index (χ3n) is 3.92. The fourth-order valence-corrected chi connectivity index (χ4v) is 3.32. The molecular formula is C17H12BrN3O2. The average Bonchev–Trinajstić information content (AvgIpc) is 3.02. The summed E-state index contributed by atoms with van der Waals surface area (Å²) in [5.74, 6) is -0.312. The molecular weight excluding hydrogens is 358 g/mol. The van der Waals surface area contributed by atoms with Crippen LogP contribution in [0.4, 0.5) is 5.69 Å². The van der Waals surface area contributed by atoms with Gasteiger partial charge < -0.3 is 4.98 Å². The number of aromatic nitrogens is 1. The summed E-state index contributed by atoms with van der Waals surface area (Å²) in [5.41, 5.74) is 2.46. The van der Waals surface area contributed by atoms with E-state index in [2.05, 4.69) is 25.9 Å². The van der Waals surface area contributed by atoms with Crippen molar-refractivity contribution in [2.24, 2.45) is 4.99 Å². The summed E-state index contributed by atoms with van der Waals surface area (Å²) in [6.45, 7) is 0. The molecule has 2 N–H and O–H groups in total. The van der Waals surface area contributed by atoms with Gasteiger partial charge >= 0.3 is 0 Å². The van der Waals surface area contributed by atoms with Crippen molar-refractivity contribution >= 4 is 44.0 Å². The van der Waals surface area contributed by atoms with Crippen LogP contribution in [0.2, 0.25) is 0 Å². The lowest BCUT2D eigenvalue weighted by atomic mass is 10.1. The molecule has 114 valence electrons. The third kappa shape index (κ3) is 2.10. The number of hydrogen-bond donors (Lipinski definition) is 2. The first-order valence-electron chi connectivity index (χ1n) is 7.03. The fourth-order valence-electron chi connectivity index (χ4n) is 2.97. The van der Waals surface area contributed by atoms with E-state index in [1.807, 2.05) is 42.5 Å². The molecule has 3 aromatic rings. The molecule has 4 rings (SSSR count). The maximum Gasteiger partial charge on any atom is 0.280 e. The predicted octanol–water partition coefficient (Wildman–Crippen LogP) is 2.11. The molecule has 2 heterocycles. The van der Waals surface area contributed by atoms with Gasteiger partial charge in [-0.3, -0.25) is 15.1 Å². The first-order chi connectivity index (χ1) is 11.1. The molecule has 23 heavy (non-hydrogen) atoms. The lowest BCUT2D eigenvalue weighted by Crippen LogP contribution is -2.23. The van der Waals surface area contributed by atoms with Gasteiger partial charge in [0.1, 0.15) is 0 Å². The number of nitrogens with one attached hydrogen (secondary N) is 1. The van der Waals surface area contributed by atoms with Crippen LogP contribution in [0, 0.1) is 0 Å². The molecule has 0 radical (unpaired) electrons. The Morgan fingerprint density at radius 3 is 2.78 bits per heavy atom. The Kier molecular flexibility index (Phi) is 3.11. The van der Waals surface area contributed by atoms with Crippen LogP contribution in [0.25, 0.3) is 16.5 Å². The molecule has 6 heteroatoms. The molecule has 1 aromatic heterocycles. The number of aromatic amines is 1. The van der Waals surface area contributed by atoms with Crippen molar-refractivity contribution in [3.63, 3.8) is 0 Å². The molecule has 0 saturated carbocycles. The van der Waals surface area contributed by atoms with E-state index in [0.717, 1.165) is 25.7 Å². The van der Waals surface area contributed by atoms with Crippen LogP contribution in [-0.2, 0) is 4.79 Å². The summed E-state index contributed by atoms with van der Waals surface area (Å²) in [6, 6.07) is 13.1. The van der Waals surface area contributed by atoms with Gasteiger partial charge in [0.15, 0.2) is 0 Å². The second-order valence-electron chi connectivity index (χ2n) is 5.37. The number of anilines is 1. The van der Waals surface area contributed by atoms with E-state index in [-0.39, 0.29) is 5.91 Å². The van der Waals surface area contributed by atoms with Crippen LogP contribution in [0.3, 0.4) is 0 Å². The van der Waals surface area contributed by atoms with E-state index in [4.69, 9.17) is 0 Å². The predicted molar refractivity (Wildman–Crippen MR) is 90.9 cm³/mol. The van der Waals surface area contributed by atoms with E-state index < -0.39 is 0 Å². The lowest BCUT2D eigenvalue weighted by Gasteiger charge is -2.12. The number of fused-ring (bicyclic) bond motifs is 2. The van der Waals surface area contributed by atoms with Crippen molar-refractivity contribution in [3.8, 4) is 0 Å². The Hall–Kier alpha value is -2.44. The zero-order valence-corrected chi connectivity index (χ0v) is 13.8. The summed E-state index contributed by atoms with van der Waals surface area (Å²) >= 11 is 3.39. The smallest absolute Gasteiger partial charge is 0.280 e. The van der Waals surface area contributed by atoms with Gasteiger partial charge in [-0.05, 0) is 18.2 Å². The van der Waals surface area contributed by atoms with Gasteiger partial charge in [-0.1, -0.05) is 40.2 Å². The maximum absolute atomic E-state index is 12.5. The molecule has 0 aliphatic carbocycles. The van der Waals surface area contributed by atoms with Crippen LogP contribution >= 0.6 is 15.9 Å². The summed E-state index contributed by atoms with van der Waals surface area (Å²) < 4.78 is 0.866. The number of para-hydroxylation sites is 1. The SMILES string of the molecule is CN(O)c1c(C2=c3ccc(Br)cc3=NC2=O)[nH]c2ccccc12. The topological polar surface area (TPSA) is 68.7 Å². The Bertz CT molecular complexity index is 1080. The Labute approximate surface area is 139 Å². The van der Waals surface area contributed by atoms with Crippen molar-refractivity contribution in [2.45, 2.75) is 0 Å². The zero-order valence-electron chi connectivity index (χ0n) is 12.2. The molecule has 0 unspecified atom stereocenters. The van der Waals surface area contributed by atoms with Gasteiger partial charge in [-0.25, -0.2) is 4.99 Å². The number of rotatable bonds is 2. The normalized spacial score (nSPS) is 13.3. The van der Waals surface area contributed by atoms with E-state index in [0.29, 0.717) is 22.3 Å². The minimum Gasteiger partial charge on any atom is -0.353 e. The summed E-state index contributed by atoms with van der Waals surface area (Å²) in [5, 5.41) is 13.3. The number of amides is 1. The van der Waals surface area contributed by atoms with Gasteiger partial charge in [0.25, 0.3) is 5.91 Å². The molecule has 0 fully saturated rings. The van der Waals surface area contributed by atoms with Gasteiger partial charge in [0.2, 0.25) is 0 Å². The van der Waals surface area contributed by atoms with Crippen LogP contribution in [0.5, 0.6) is 0 Å². The molecule has 0 saturated heterocycles. The highest BCUT2D eigenvalue weighted by molar-refractivity contribution is 9.10. The monoisotopic (exact) mass is 369 g/mol. The minimum absolute atomic E-state index is 0.312. The summed E-state index contributed by atoms with van der Waals surface area (Å²) in [6.07, 6.45) is 0. The van der Waals surface area contributed by atoms with Gasteiger partial charge in [0, 0.05) is 27.6 Å². The Balaban J connectivity index is 2.13. The highest BCUT2D eigenvalue weighted by Gasteiger charge is 2.25. The van der Waals surface area contributed by atoms with Crippen molar-refractivity contribution in [3.05, 3.63) is 63.2 Å². The minimum atomic E-state index is -0.312. The van der Waals surface area contributed by atoms with E-state index in [1.54, 1.807) is 7.05 Å². The highest BCUT2D eigenvalue weighted by atomic mass is 79.9. The molecule has 2 aromatic carbocycles. The largest absolute Gasteiger partial charge is 0.353 e. The first kappa shape index (κ1) is 14.2. The number of benzene rings is 2. The highest BCUT2D eigenvalue weighted by Crippen LogP contribution is 2.33. The molecule has 0 atom stereocenters. The van der Waals surface area contributed by atoms with E-state index in [1.165, 1.54) is 0 Å². The summed E-state index contributed by atoms with van der Waals surface area (Å²) in [4.78, 5) is 19.8. The molecule has 0 bridgehead atoms. The van der Waals surface area contributed by atoms with Crippen LogP contribution in [0.15, 0.2) is 51.9 Å². The molecule has 1 aliphatic rings. The van der Waals surface area contributed by atoms with Gasteiger partial charge in [-0.2, -0.15) is 0 Å². The number of carbonyl (C=O) groups excluding carboxylic acids is 1. The average molecular weight is 370 g/mol.